The predicted molar refractivity (Wildman–Crippen MR) is 59.5 cm³/mol. The number of sulfone groups is 1. The van der Waals surface area contributed by atoms with Gasteiger partial charge in [0.2, 0.25) is 0 Å². The van der Waals surface area contributed by atoms with E-state index < -0.39 is 9.84 Å². The van der Waals surface area contributed by atoms with Crippen LogP contribution in [0.5, 0.6) is 0 Å². The summed E-state index contributed by atoms with van der Waals surface area (Å²) < 4.78 is 24.0. The molecule has 1 aliphatic heterocycles. The highest BCUT2D eigenvalue weighted by Gasteiger charge is 2.30. The van der Waals surface area contributed by atoms with Crippen LogP contribution in [0.25, 0.3) is 0 Å². The lowest BCUT2D eigenvalue weighted by Gasteiger charge is -2.24. The molecule has 1 aromatic carbocycles. The van der Waals surface area contributed by atoms with Crippen molar-refractivity contribution < 1.29 is 8.42 Å². The van der Waals surface area contributed by atoms with Gasteiger partial charge in [0.1, 0.15) is 0 Å². The topological polar surface area (TPSA) is 72.2 Å². The second kappa shape index (κ2) is 3.50. The number of rotatable bonds is 1. The van der Waals surface area contributed by atoms with E-state index in [1.807, 2.05) is 6.07 Å². The summed E-state index contributed by atoms with van der Waals surface area (Å²) in [6.45, 7) is 2.54. The van der Waals surface area contributed by atoms with Crippen LogP contribution in [0, 0.1) is 0 Å². The zero-order valence-electron chi connectivity index (χ0n) is 8.53. The fraction of sp³-hybridized carbons (Fsp3) is 0.400. The Labute approximate surface area is 89.4 Å². The molecule has 2 rings (SSSR count). The Morgan fingerprint density at radius 1 is 1.53 bits per heavy atom. The van der Waals surface area contributed by atoms with Gasteiger partial charge >= 0.3 is 0 Å². The maximum Gasteiger partial charge on any atom is 0.184 e. The van der Waals surface area contributed by atoms with Crippen molar-refractivity contribution in [3.63, 3.8) is 0 Å². The summed E-state index contributed by atoms with van der Waals surface area (Å²) in [5.41, 5.74) is 7.02. The molecule has 0 radical (unpaired) electrons. The molecule has 0 fully saturated rings. The number of nitrogens with one attached hydrogen (secondary N) is 1. The van der Waals surface area contributed by atoms with E-state index in [1.165, 1.54) is 0 Å². The Morgan fingerprint density at radius 3 is 2.93 bits per heavy atom. The third kappa shape index (κ3) is 1.61. The minimum Gasteiger partial charge on any atom is -0.383 e. The van der Waals surface area contributed by atoms with Crippen molar-refractivity contribution in [3.05, 3.63) is 23.8 Å². The molecule has 0 aromatic heterocycles. The van der Waals surface area contributed by atoms with Crippen molar-refractivity contribution >= 4 is 15.5 Å². The number of anilines is 1. The van der Waals surface area contributed by atoms with Gasteiger partial charge in [-0.05, 0) is 24.6 Å². The van der Waals surface area contributed by atoms with Gasteiger partial charge in [-0.1, -0.05) is 6.07 Å². The van der Waals surface area contributed by atoms with Gasteiger partial charge in [-0.2, -0.15) is 0 Å². The van der Waals surface area contributed by atoms with Gasteiger partial charge in [0.05, 0.1) is 15.8 Å². The fourth-order valence-electron chi connectivity index (χ4n) is 1.66. The Balaban J connectivity index is 2.62. The van der Waals surface area contributed by atoms with Crippen LogP contribution in [0.3, 0.4) is 0 Å². The first kappa shape index (κ1) is 10.4. The van der Waals surface area contributed by atoms with Crippen molar-refractivity contribution in [1.29, 1.82) is 0 Å². The lowest BCUT2D eigenvalue weighted by molar-refractivity contribution is 0.582. The summed E-state index contributed by atoms with van der Waals surface area (Å²) in [6.07, 6.45) is 0. The highest BCUT2D eigenvalue weighted by atomic mass is 32.2. The van der Waals surface area contributed by atoms with E-state index in [0.29, 0.717) is 23.7 Å². The Morgan fingerprint density at radius 2 is 2.27 bits per heavy atom. The zero-order chi connectivity index (χ0) is 11.1. The predicted octanol–water partition coefficient (Wildman–Crippen LogP) is 0.733. The van der Waals surface area contributed by atoms with Crippen LogP contribution in [-0.2, 0) is 16.4 Å². The van der Waals surface area contributed by atoms with Gasteiger partial charge < -0.3 is 11.1 Å². The fourth-order valence-corrected chi connectivity index (χ4v) is 3.15. The largest absolute Gasteiger partial charge is 0.383 e. The number of hydrogen-bond donors (Lipinski definition) is 2. The van der Waals surface area contributed by atoms with E-state index in [2.05, 4.69) is 5.32 Å². The summed E-state index contributed by atoms with van der Waals surface area (Å²) in [7, 11) is -3.17. The van der Waals surface area contributed by atoms with Crippen LogP contribution < -0.4 is 11.1 Å². The molecule has 0 bridgehead atoms. The Hall–Kier alpha value is -1.07. The van der Waals surface area contributed by atoms with Crippen LogP contribution in [0.15, 0.2) is 23.1 Å². The van der Waals surface area contributed by atoms with Crippen LogP contribution in [-0.4, -0.2) is 20.2 Å². The van der Waals surface area contributed by atoms with Crippen molar-refractivity contribution in [1.82, 2.24) is 0 Å². The van der Waals surface area contributed by atoms with E-state index in [1.54, 1.807) is 19.1 Å². The molecule has 1 aromatic rings. The summed E-state index contributed by atoms with van der Waals surface area (Å²) in [5, 5.41) is 2.72. The van der Waals surface area contributed by atoms with Crippen molar-refractivity contribution in [2.24, 2.45) is 5.73 Å². The summed E-state index contributed by atoms with van der Waals surface area (Å²) in [4.78, 5) is 0.379. The first-order valence-corrected chi connectivity index (χ1v) is 6.41. The van der Waals surface area contributed by atoms with Gasteiger partial charge in [-0.3, -0.25) is 0 Å². The quantitative estimate of drug-likeness (QED) is 0.740. The average Bonchev–Trinajstić information content (AvgIpc) is 2.24. The maximum atomic E-state index is 12.0. The zero-order valence-corrected chi connectivity index (χ0v) is 9.34. The number of hydrogen-bond acceptors (Lipinski definition) is 4. The Kier molecular flexibility index (Phi) is 2.44. The Bertz CT molecular complexity index is 482. The third-order valence-corrected chi connectivity index (χ3v) is 4.87. The molecule has 0 amide bonds. The summed E-state index contributed by atoms with van der Waals surface area (Å²) in [5.74, 6) is 0. The van der Waals surface area contributed by atoms with E-state index in [0.717, 1.165) is 5.56 Å². The monoisotopic (exact) mass is 226 g/mol. The number of benzene rings is 1. The first-order chi connectivity index (χ1) is 7.05. The van der Waals surface area contributed by atoms with E-state index >= 15 is 0 Å². The molecule has 3 N–H and O–H groups in total. The smallest absolute Gasteiger partial charge is 0.184 e. The normalized spacial score (nSPS) is 22.9. The molecule has 15 heavy (non-hydrogen) atoms. The molecule has 1 unspecified atom stereocenters. The minimum atomic E-state index is -3.17. The van der Waals surface area contributed by atoms with Crippen LogP contribution in [0.2, 0.25) is 0 Å². The van der Waals surface area contributed by atoms with Gasteiger partial charge in [0.15, 0.2) is 9.84 Å². The molecule has 82 valence electrons. The third-order valence-electron chi connectivity index (χ3n) is 2.70. The molecular formula is C10H14N2O2S. The van der Waals surface area contributed by atoms with Crippen molar-refractivity contribution in [2.75, 3.05) is 11.9 Å². The van der Waals surface area contributed by atoms with E-state index in [4.69, 9.17) is 5.73 Å². The van der Waals surface area contributed by atoms with Crippen molar-refractivity contribution in [3.8, 4) is 0 Å². The van der Waals surface area contributed by atoms with Gasteiger partial charge in [-0.25, -0.2) is 8.42 Å². The molecular weight excluding hydrogens is 212 g/mol. The van der Waals surface area contributed by atoms with E-state index in [-0.39, 0.29) is 5.25 Å². The van der Waals surface area contributed by atoms with Crippen molar-refractivity contribution in [2.45, 2.75) is 23.6 Å². The molecule has 0 aliphatic carbocycles. The van der Waals surface area contributed by atoms with Crippen LogP contribution in [0.4, 0.5) is 5.69 Å². The van der Waals surface area contributed by atoms with Gasteiger partial charge in [-0.15, -0.1) is 0 Å². The first-order valence-electron chi connectivity index (χ1n) is 4.86. The van der Waals surface area contributed by atoms with Gasteiger partial charge in [0, 0.05) is 13.1 Å². The molecule has 1 atom stereocenters. The molecule has 4 nitrogen and oxygen atoms in total. The van der Waals surface area contributed by atoms with E-state index in [9.17, 15) is 8.42 Å². The maximum absolute atomic E-state index is 12.0. The highest BCUT2D eigenvalue weighted by molar-refractivity contribution is 7.92. The van der Waals surface area contributed by atoms with Crippen LogP contribution >= 0.6 is 0 Å². The molecule has 5 heteroatoms. The SMILES string of the molecule is CC1CNc2ccc(CN)cc2S1(=O)=O. The van der Waals surface area contributed by atoms with Crippen LogP contribution in [0.1, 0.15) is 12.5 Å². The number of nitrogens with two attached hydrogens (primary N) is 1. The number of fused-ring (bicyclic) bond motifs is 1. The lowest BCUT2D eigenvalue weighted by atomic mass is 10.2. The standard InChI is InChI=1S/C10H14N2O2S/c1-7-6-12-9-3-2-8(5-11)4-10(9)15(7,13)14/h2-4,7,12H,5-6,11H2,1H3. The minimum absolute atomic E-state index is 0.358. The molecule has 0 spiro atoms. The molecule has 1 heterocycles. The molecule has 1 aliphatic rings. The second-order valence-corrected chi connectivity index (χ2v) is 6.11. The van der Waals surface area contributed by atoms with Gasteiger partial charge in [0.25, 0.3) is 0 Å². The summed E-state index contributed by atoms with van der Waals surface area (Å²) in [6, 6.07) is 5.28. The molecule has 0 saturated heterocycles. The highest BCUT2D eigenvalue weighted by Crippen LogP contribution is 2.30. The average molecular weight is 226 g/mol. The lowest BCUT2D eigenvalue weighted by Crippen LogP contribution is -2.32. The molecule has 0 saturated carbocycles. The second-order valence-electron chi connectivity index (χ2n) is 3.77. The summed E-state index contributed by atoms with van der Waals surface area (Å²) >= 11 is 0.